The number of hydrogen-bond donors (Lipinski definition) is 1. The lowest BCUT2D eigenvalue weighted by molar-refractivity contribution is 0.0773. The number of nitrogens with one attached hydrogen (secondary N) is 1. The highest BCUT2D eigenvalue weighted by molar-refractivity contribution is 4.86. The quantitative estimate of drug-likeness (QED) is 0.789. The Hall–Kier alpha value is -0.940. The molecule has 0 spiro atoms. The van der Waals surface area contributed by atoms with Crippen LogP contribution in [0.25, 0.3) is 0 Å². The summed E-state index contributed by atoms with van der Waals surface area (Å²) in [6, 6.07) is 0.570. The zero-order valence-electron chi connectivity index (χ0n) is 9.15. The molecule has 0 amide bonds. The summed E-state index contributed by atoms with van der Waals surface area (Å²) in [5.41, 5.74) is 0. The molecule has 0 saturated carbocycles. The molecule has 0 bridgehead atoms. The van der Waals surface area contributed by atoms with E-state index in [4.69, 9.17) is 4.74 Å². The van der Waals surface area contributed by atoms with E-state index in [1.54, 1.807) is 6.33 Å². The van der Waals surface area contributed by atoms with Gasteiger partial charge in [-0.3, -0.25) is 0 Å². The van der Waals surface area contributed by atoms with Crippen LogP contribution in [-0.4, -0.2) is 34.0 Å². The van der Waals surface area contributed by atoms with E-state index < -0.39 is 0 Å². The Morgan fingerprint density at radius 1 is 1.53 bits per heavy atom. The molecule has 1 saturated heterocycles. The highest BCUT2D eigenvalue weighted by Gasteiger charge is 2.13. The third-order valence-electron chi connectivity index (χ3n) is 2.81. The summed E-state index contributed by atoms with van der Waals surface area (Å²) >= 11 is 0. The van der Waals surface area contributed by atoms with Gasteiger partial charge in [-0.1, -0.05) is 0 Å². The Bertz CT molecular complexity index is 293. The minimum absolute atomic E-state index is 0.570. The molecule has 1 aromatic rings. The molecule has 0 aromatic carbocycles. The van der Waals surface area contributed by atoms with Crippen LogP contribution in [0.2, 0.25) is 0 Å². The van der Waals surface area contributed by atoms with Crippen molar-refractivity contribution in [3.05, 3.63) is 12.2 Å². The molecular formula is C10H18N4O. The van der Waals surface area contributed by atoms with Crippen LogP contribution in [0.15, 0.2) is 6.33 Å². The van der Waals surface area contributed by atoms with Crippen molar-refractivity contribution in [1.82, 2.24) is 20.1 Å². The van der Waals surface area contributed by atoms with Crippen LogP contribution in [-0.2, 0) is 17.8 Å². The van der Waals surface area contributed by atoms with Crippen molar-refractivity contribution in [2.75, 3.05) is 13.2 Å². The van der Waals surface area contributed by atoms with Gasteiger partial charge in [-0.25, -0.2) is 0 Å². The van der Waals surface area contributed by atoms with Gasteiger partial charge in [-0.05, 0) is 19.8 Å². The van der Waals surface area contributed by atoms with Crippen molar-refractivity contribution in [2.24, 2.45) is 0 Å². The lowest BCUT2D eigenvalue weighted by Gasteiger charge is -2.22. The second-order valence-electron chi connectivity index (χ2n) is 3.80. The molecule has 84 valence electrons. The number of aryl methyl sites for hydroxylation is 1. The largest absolute Gasteiger partial charge is 0.381 e. The van der Waals surface area contributed by atoms with Crippen molar-refractivity contribution >= 4 is 0 Å². The van der Waals surface area contributed by atoms with Crippen molar-refractivity contribution in [3.8, 4) is 0 Å². The molecule has 0 aliphatic carbocycles. The van der Waals surface area contributed by atoms with Crippen molar-refractivity contribution in [1.29, 1.82) is 0 Å². The first-order valence-electron chi connectivity index (χ1n) is 5.58. The van der Waals surface area contributed by atoms with Crippen molar-refractivity contribution in [2.45, 2.75) is 38.9 Å². The average Bonchev–Trinajstić information content (AvgIpc) is 2.75. The third-order valence-corrected chi connectivity index (χ3v) is 2.81. The molecule has 2 heterocycles. The SMILES string of the molecule is CCn1cnnc1CNC1CCOCC1. The fraction of sp³-hybridized carbons (Fsp3) is 0.800. The summed E-state index contributed by atoms with van der Waals surface area (Å²) in [6.07, 6.45) is 3.97. The highest BCUT2D eigenvalue weighted by atomic mass is 16.5. The van der Waals surface area contributed by atoms with Crippen molar-refractivity contribution in [3.63, 3.8) is 0 Å². The summed E-state index contributed by atoms with van der Waals surface area (Å²) in [6.45, 7) is 5.58. The van der Waals surface area contributed by atoms with E-state index in [9.17, 15) is 0 Å². The molecule has 1 fully saturated rings. The van der Waals surface area contributed by atoms with Gasteiger partial charge in [0.15, 0.2) is 0 Å². The summed E-state index contributed by atoms with van der Waals surface area (Å²) in [5, 5.41) is 11.5. The molecule has 5 heteroatoms. The van der Waals surface area contributed by atoms with Crippen LogP contribution in [0.5, 0.6) is 0 Å². The zero-order valence-corrected chi connectivity index (χ0v) is 9.15. The molecule has 1 N–H and O–H groups in total. The number of nitrogens with zero attached hydrogens (tertiary/aromatic N) is 3. The summed E-state index contributed by atoms with van der Waals surface area (Å²) in [7, 11) is 0. The Labute approximate surface area is 89.8 Å². The smallest absolute Gasteiger partial charge is 0.146 e. The van der Waals surface area contributed by atoms with Gasteiger partial charge in [-0.2, -0.15) is 0 Å². The minimum Gasteiger partial charge on any atom is -0.381 e. The molecule has 0 atom stereocenters. The third kappa shape index (κ3) is 2.76. The van der Waals surface area contributed by atoms with Gasteiger partial charge in [0.25, 0.3) is 0 Å². The first-order valence-corrected chi connectivity index (χ1v) is 5.58. The second-order valence-corrected chi connectivity index (χ2v) is 3.80. The van der Waals surface area contributed by atoms with Gasteiger partial charge in [0.2, 0.25) is 0 Å². The summed E-state index contributed by atoms with van der Waals surface area (Å²) in [4.78, 5) is 0. The van der Waals surface area contributed by atoms with Gasteiger partial charge in [0.1, 0.15) is 12.2 Å². The molecule has 1 aromatic heterocycles. The van der Waals surface area contributed by atoms with Crippen LogP contribution in [0, 0.1) is 0 Å². The molecule has 5 nitrogen and oxygen atoms in total. The van der Waals surface area contributed by atoms with E-state index in [0.717, 1.165) is 45.0 Å². The predicted octanol–water partition coefficient (Wildman–Crippen LogP) is 0.567. The monoisotopic (exact) mass is 210 g/mol. The lowest BCUT2D eigenvalue weighted by Crippen LogP contribution is -2.35. The molecule has 1 aliphatic rings. The van der Waals surface area contributed by atoms with Gasteiger partial charge in [0, 0.05) is 25.8 Å². The topological polar surface area (TPSA) is 52.0 Å². The molecule has 2 rings (SSSR count). The summed E-state index contributed by atoms with van der Waals surface area (Å²) < 4.78 is 7.37. The average molecular weight is 210 g/mol. The van der Waals surface area contributed by atoms with E-state index in [1.807, 2.05) is 0 Å². The first-order chi connectivity index (χ1) is 7.40. The highest BCUT2D eigenvalue weighted by Crippen LogP contribution is 2.07. The fourth-order valence-corrected chi connectivity index (χ4v) is 1.82. The number of rotatable bonds is 4. The number of hydrogen-bond acceptors (Lipinski definition) is 4. The maximum absolute atomic E-state index is 5.31. The summed E-state index contributed by atoms with van der Waals surface area (Å²) in [5.74, 6) is 1.02. The second kappa shape index (κ2) is 5.23. The Morgan fingerprint density at radius 3 is 3.07 bits per heavy atom. The van der Waals surface area contributed by atoms with Crippen LogP contribution < -0.4 is 5.32 Å². The predicted molar refractivity (Wildman–Crippen MR) is 56.4 cm³/mol. The zero-order chi connectivity index (χ0) is 10.5. The molecule has 0 unspecified atom stereocenters. The van der Waals surface area contributed by atoms with Gasteiger partial charge < -0.3 is 14.6 Å². The van der Waals surface area contributed by atoms with E-state index in [-0.39, 0.29) is 0 Å². The molecule has 15 heavy (non-hydrogen) atoms. The minimum atomic E-state index is 0.570. The lowest BCUT2D eigenvalue weighted by atomic mass is 10.1. The van der Waals surface area contributed by atoms with Crippen LogP contribution in [0.3, 0.4) is 0 Å². The van der Waals surface area contributed by atoms with Gasteiger partial charge in [0.05, 0.1) is 6.54 Å². The normalized spacial score (nSPS) is 18.2. The van der Waals surface area contributed by atoms with Gasteiger partial charge >= 0.3 is 0 Å². The Morgan fingerprint density at radius 2 is 2.33 bits per heavy atom. The van der Waals surface area contributed by atoms with Crippen molar-refractivity contribution < 1.29 is 4.74 Å². The van der Waals surface area contributed by atoms with E-state index in [0.29, 0.717) is 6.04 Å². The van der Waals surface area contributed by atoms with Crippen LogP contribution >= 0.6 is 0 Å². The van der Waals surface area contributed by atoms with Crippen LogP contribution in [0.4, 0.5) is 0 Å². The fourth-order valence-electron chi connectivity index (χ4n) is 1.82. The van der Waals surface area contributed by atoms with Crippen LogP contribution in [0.1, 0.15) is 25.6 Å². The maximum atomic E-state index is 5.31. The number of ether oxygens (including phenoxy) is 1. The van der Waals surface area contributed by atoms with E-state index >= 15 is 0 Å². The first kappa shape index (κ1) is 10.6. The standard InChI is InChI=1S/C10H18N4O/c1-2-14-8-12-13-10(14)7-11-9-3-5-15-6-4-9/h8-9,11H,2-7H2,1H3. The molecule has 1 aliphatic heterocycles. The Balaban J connectivity index is 1.81. The van der Waals surface area contributed by atoms with E-state index in [1.165, 1.54) is 0 Å². The number of aromatic nitrogens is 3. The molecule has 0 radical (unpaired) electrons. The Kier molecular flexibility index (Phi) is 3.69. The van der Waals surface area contributed by atoms with Gasteiger partial charge in [-0.15, -0.1) is 10.2 Å². The molecular weight excluding hydrogens is 192 g/mol. The van der Waals surface area contributed by atoms with E-state index in [2.05, 4.69) is 27.0 Å². The maximum Gasteiger partial charge on any atom is 0.146 e.